The van der Waals surface area contributed by atoms with E-state index in [0.29, 0.717) is 0 Å². The van der Waals surface area contributed by atoms with Crippen molar-refractivity contribution in [2.75, 3.05) is 7.11 Å². The van der Waals surface area contributed by atoms with Gasteiger partial charge in [-0.1, -0.05) is 0 Å². The first kappa shape index (κ1) is 10.1. The summed E-state index contributed by atoms with van der Waals surface area (Å²) in [5, 5.41) is 27.1. The maximum Gasteiger partial charge on any atom is 0.275 e. The Morgan fingerprint density at radius 3 is 2.21 bits per heavy atom. The SMILES string of the molecule is CONC(=O)c1cc(O)c(O)c(O)c1. The summed E-state index contributed by atoms with van der Waals surface area (Å²) in [6.07, 6.45) is 0. The highest BCUT2D eigenvalue weighted by molar-refractivity contribution is 5.94. The zero-order chi connectivity index (χ0) is 10.7. The Balaban J connectivity index is 3.06. The van der Waals surface area contributed by atoms with Crippen molar-refractivity contribution in [2.24, 2.45) is 0 Å². The van der Waals surface area contributed by atoms with Crippen LogP contribution in [-0.2, 0) is 4.84 Å². The third-order valence-electron chi connectivity index (χ3n) is 1.53. The molecule has 1 aromatic carbocycles. The van der Waals surface area contributed by atoms with Crippen LogP contribution in [0.3, 0.4) is 0 Å². The van der Waals surface area contributed by atoms with Gasteiger partial charge < -0.3 is 15.3 Å². The lowest BCUT2D eigenvalue weighted by Gasteiger charge is -2.05. The number of rotatable bonds is 2. The smallest absolute Gasteiger partial charge is 0.275 e. The van der Waals surface area contributed by atoms with Crippen LogP contribution in [0.25, 0.3) is 0 Å². The highest BCUT2D eigenvalue weighted by atomic mass is 16.6. The largest absolute Gasteiger partial charge is 0.504 e. The van der Waals surface area contributed by atoms with E-state index in [0.717, 1.165) is 12.1 Å². The molecule has 0 aliphatic rings. The molecule has 76 valence electrons. The molecule has 1 amide bonds. The number of hydrogen-bond acceptors (Lipinski definition) is 5. The standard InChI is InChI=1S/C8H9NO5/c1-14-9-8(13)4-2-5(10)7(12)6(11)3-4/h2-3,10-12H,1H3,(H,9,13). The molecule has 4 N–H and O–H groups in total. The van der Waals surface area contributed by atoms with Gasteiger partial charge in [-0.2, -0.15) is 0 Å². The van der Waals surface area contributed by atoms with Crippen molar-refractivity contribution in [2.45, 2.75) is 0 Å². The molecule has 1 rings (SSSR count). The summed E-state index contributed by atoms with van der Waals surface area (Å²) in [7, 11) is 1.25. The quantitative estimate of drug-likeness (QED) is 0.399. The topological polar surface area (TPSA) is 99.0 Å². The summed E-state index contributed by atoms with van der Waals surface area (Å²) in [5.41, 5.74) is 1.96. The fourth-order valence-electron chi connectivity index (χ4n) is 0.887. The van der Waals surface area contributed by atoms with Crippen molar-refractivity contribution in [3.05, 3.63) is 17.7 Å². The van der Waals surface area contributed by atoms with Crippen LogP contribution in [0.5, 0.6) is 17.2 Å². The Labute approximate surface area is 79.3 Å². The molecule has 0 unspecified atom stereocenters. The number of carbonyl (C=O) groups is 1. The van der Waals surface area contributed by atoms with E-state index in [4.69, 9.17) is 15.3 Å². The zero-order valence-electron chi connectivity index (χ0n) is 7.31. The van der Waals surface area contributed by atoms with Gasteiger partial charge in [0.2, 0.25) is 0 Å². The average molecular weight is 199 g/mol. The second-order valence-corrected chi connectivity index (χ2v) is 2.50. The molecular formula is C8H9NO5. The number of hydrogen-bond donors (Lipinski definition) is 4. The lowest BCUT2D eigenvalue weighted by atomic mass is 10.2. The van der Waals surface area contributed by atoms with Crippen molar-refractivity contribution in [1.82, 2.24) is 5.48 Å². The second kappa shape index (κ2) is 3.84. The Morgan fingerprint density at radius 2 is 1.79 bits per heavy atom. The van der Waals surface area contributed by atoms with Crippen LogP contribution in [0.2, 0.25) is 0 Å². The first-order chi connectivity index (χ1) is 6.56. The molecule has 14 heavy (non-hydrogen) atoms. The molecular weight excluding hydrogens is 190 g/mol. The van der Waals surface area contributed by atoms with E-state index >= 15 is 0 Å². The molecule has 0 aliphatic carbocycles. The lowest BCUT2D eigenvalue weighted by molar-refractivity contribution is 0.0537. The van der Waals surface area contributed by atoms with Crippen LogP contribution in [0.1, 0.15) is 10.4 Å². The minimum Gasteiger partial charge on any atom is -0.504 e. The van der Waals surface area contributed by atoms with Gasteiger partial charge in [0.15, 0.2) is 17.2 Å². The molecule has 0 spiro atoms. The van der Waals surface area contributed by atoms with Crippen LogP contribution in [-0.4, -0.2) is 28.3 Å². The molecule has 6 nitrogen and oxygen atoms in total. The molecule has 0 bridgehead atoms. The van der Waals surface area contributed by atoms with E-state index in [9.17, 15) is 4.79 Å². The lowest BCUT2D eigenvalue weighted by Crippen LogP contribution is -2.21. The van der Waals surface area contributed by atoms with E-state index in [1.807, 2.05) is 5.48 Å². The first-order valence-corrected chi connectivity index (χ1v) is 3.64. The number of benzene rings is 1. The normalized spacial score (nSPS) is 9.79. The number of hydroxylamine groups is 1. The maximum absolute atomic E-state index is 11.1. The van der Waals surface area contributed by atoms with Gasteiger partial charge in [0.1, 0.15) is 0 Å². The molecule has 6 heteroatoms. The monoisotopic (exact) mass is 199 g/mol. The highest BCUT2D eigenvalue weighted by Crippen LogP contribution is 2.35. The van der Waals surface area contributed by atoms with Gasteiger partial charge in [-0.3, -0.25) is 9.63 Å². The Bertz CT molecular complexity index is 340. The number of nitrogens with one attached hydrogen (secondary N) is 1. The van der Waals surface area contributed by atoms with Crippen molar-refractivity contribution in [1.29, 1.82) is 0 Å². The molecule has 0 aliphatic heterocycles. The number of phenols is 3. The number of carbonyl (C=O) groups excluding carboxylic acids is 1. The maximum atomic E-state index is 11.1. The van der Waals surface area contributed by atoms with Crippen LogP contribution in [0, 0.1) is 0 Å². The summed E-state index contributed by atoms with van der Waals surface area (Å²) in [6, 6.07) is 2.01. The third-order valence-corrected chi connectivity index (χ3v) is 1.53. The summed E-state index contributed by atoms with van der Waals surface area (Å²) >= 11 is 0. The summed E-state index contributed by atoms with van der Waals surface area (Å²) in [5.74, 6) is -2.46. The van der Waals surface area contributed by atoms with Gasteiger partial charge in [0, 0.05) is 5.56 Å². The molecule has 0 aromatic heterocycles. The summed E-state index contributed by atoms with van der Waals surface area (Å²) < 4.78 is 0. The minimum absolute atomic E-state index is 0.0281. The van der Waals surface area contributed by atoms with E-state index in [1.165, 1.54) is 7.11 Å². The van der Waals surface area contributed by atoms with Crippen molar-refractivity contribution < 1.29 is 25.0 Å². The van der Waals surface area contributed by atoms with Crippen LogP contribution in [0.15, 0.2) is 12.1 Å². The van der Waals surface area contributed by atoms with Gasteiger partial charge in [-0.05, 0) is 12.1 Å². The number of amides is 1. The molecule has 0 saturated heterocycles. The molecule has 0 atom stereocenters. The van der Waals surface area contributed by atoms with Gasteiger partial charge in [0.25, 0.3) is 5.91 Å². The molecule has 0 fully saturated rings. The van der Waals surface area contributed by atoms with E-state index in [1.54, 1.807) is 0 Å². The fraction of sp³-hybridized carbons (Fsp3) is 0.125. The predicted octanol–water partition coefficient (Wildman–Crippen LogP) is 0.0946. The molecule has 1 aromatic rings. The van der Waals surface area contributed by atoms with E-state index in [2.05, 4.69) is 4.84 Å². The second-order valence-electron chi connectivity index (χ2n) is 2.50. The minimum atomic E-state index is -0.668. The Hall–Kier alpha value is -1.95. The van der Waals surface area contributed by atoms with Crippen molar-refractivity contribution in [3.8, 4) is 17.2 Å². The predicted molar refractivity (Wildman–Crippen MR) is 45.9 cm³/mol. The summed E-state index contributed by atoms with van der Waals surface area (Å²) in [6.45, 7) is 0. The van der Waals surface area contributed by atoms with E-state index in [-0.39, 0.29) is 5.56 Å². The molecule has 0 saturated carbocycles. The third kappa shape index (κ3) is 1.86. The Morgan fingerprint density at radius 1 is 1.29 bits per heavy atom. The van der Waals surface area contributed by atoms with Crippen molar-refractivity contribution in [3.63, 3.8) is 0 Å². The average Bonchev–Trinajstić information content (AvgIpc) is 2.13. The van der Waals surface area contributed by atoms with Crippen molar-refractivity contribution >= 4 is 5.91 Å². The van der Waals surface area contributed by atoms with Crippen LogP contribution in [0.4, 0.5) is 0 Å². The van der Waals surface area contributed by atoms with Gasteiger partial charge in [-0.15, -0.1) is 0 Å². The fourth-order valence-corrected chi connectivity index (χ4v) is 0.887. The highest BCUT2D eigenvalue weighted by Gasteiger charge is 2.12. The first-order valence-electron chi connectivity index (χ1n) is 3.64. The molecule has 0 radical (unpaired) electrons. The van der Waals surface area contributed by atoms with E-state index < -0.39 is 23.2 Å². The number of aromatic hydroxyl groups is 3. The number of phenolic OH excluding ortho intramolecular Hbond substituents is 3. The Kier molecular flexibility index (Phi) is 2.78. The van der Waals surface area contributed by atoms with Gasteiger partial charge >= 0.3 is 0 Å². The van der Waals surface area contributed by atoms with Gasteiger partial charge in [0.05, 0.1) is 7.11 Å². The van der Waals surface area contributed by atoms with Crippen LogP contribution >= 0.6 is 0 Å². The van der Waals surface area contributed by atoms with Crippen LogP contribution < -0.4 is 5.48 Å². The van der Waals surface area contributed by atoms with Gasteiger partial charge in [-0.25, -0.2) is 5.48 Å². The summed E-state index contributed by atoms with van der Waals surface area (Å²) in [4.78, 5) is 15.5. The molecule has 0 heterocycles. The zero-order valence-corrected chi connectivity index (χ0v) is 7.31.